The van der Waals surface area contributed by atoms with Crippen LogP contribution in [-0.4, -0.2) is 70.8 Å². The van der Waals surface area contributed by atoms with Crippen LogP contribution in [0.25, 0.3) is 0 Å². The Labute approximate surface area is 160 Å². The molecular weight excluding hydrogens is 366 g/mol. The highest BCUT2D eigenvalue weighted by Crippen LogP contribution is 2.20. The van der Waals surface area contributed by atoms with Crippen LogP contribution >= 0.6 is 0 Å². The summed E-state index contributed by atoms with van der Waals surface area (Å²) in [5.74, 6) is 1.50. The van der Waals surface area contributed by atoms with Crippen molar-refractivity contribution in [3.05, 3.63) is 24.2 Å². The Kier molecular flexibility index (Phi) is 5.95. The van der Waals surface area contributed by atoms with Gasteiger partial charge in [0.2, 0.25) is 5.95 Å². The Balaban J connectivity index is 1.60. The SMILES string of the molecule is Cc1cnc(Nc2cnn(C)c2)nc1NCC1CCCN1CCS(C)(=O)=O. The number of anilines is 3. The molecule has 1 atom stereocenters. The van der Waals surface area contributed by atoms with Crippen molar-refractivity contribution in [2.24, 2.45) is 7.05 Å². The average molecular weight is 394 g/mol. The molecule has 1 aliphatic heterocycles. The van der Waals surface area contributed by atoms with E-state index in [4.69, 9.17) is 0 Å². The molecule has 1 saturated heterocycles. The summed E-state index contributed by atoms with van der Waals surface area (Å²) in [6.07, 6.45) is 8.79. The Bertz CT molecular complexity index is 881. The van der Waals surface area contributed by atoms with Gasteiger partial charge in [-0.05, 0) is 26.3 Å². The maximum absolute atomic E-state index is 11.4. The summed E-state index contributed by atoms with van der Waals surface area (Å²) >= 11 is 0. The van der Waals surface area contributed by atoms with Gasteiger partial charge >= 0.3 is 0 Å². The molecule has 0 spiro atoms. The Hall–Kier alpha value is -2.20. The lowest BCUT2D eigenvalue weighted by molar-refractivity contribution is 0.278. The fraction of sp³-hybridized carbons (Fsp3) is 0.588. The first-order valence-electron chi connectivity index (χ1n) is 9.05. The molecule has 0 aliphatic carbocycles. The first kappa shape index (κ1) is 19.6. The first-order valence-corrected chi connectivity index (χ1v) is 11.1. The highest BCUT2D eigenvalue weighted by atomic mass is 32.2. The Morgan fingerprint density at radius 1 is 1.33 bits per heavy atom. The van der Waals surface area contributed by atoms with E-state index in [0.29, 0.717) is 18.5 Å². The van der Waals surface area contributed by atoms with Gasteiger partial charge in [0.25, 0.3) is 0 Å². The van der Waals surface area contributed by atoms with Gasteiger partial charge in [0.05, 0.1) is 17.6 Å². The highest BCUT2D eigenvalue weighted by molar-refractivity contribution is 7.90. The van der Waals surface area contributed by atoms with Gasteiger partial charge < -0.3 is 10.6 Å². The van der Waals surface area contributed by atoms with Crippen molar-refractivity contribution < 1.29 is 8.42 Å². The molecule has 2 aromatic rings. The van der Waals surface area contributed by atoms with E-state index < -0.39 is 9.84 Å². The molecule has 10 heteroatoms. The highest BCUT2D eigenvalue weighted by Gasteiger charge is 2.25. The lowest BCUT2D eigenvalue weighted by Crippen LogP contribution is -2.38. The molecule has 0 aromatic carbocycles. The lowest BCUT2D eigenvalue weighted by atomic mass is 10.2. The van der Waals surface area contributed by atoms with Gasteiger partial charge in [0.15, 0.2) is 0 Å². The second kappa shape index (κ2) is 8.22. The first-order chi connectivity index (χ1) is 12.8. The number of hydrogen-bond donors (Lipinski definition) is 2. The maximum Gasteiger partial charge on any atom is 0.229 e. The minimum Gasteiger partial charge on any atom is -0.368 e. The molecule has 2 aromatic heterocycles. The van der Waals surface area contributed by atoms with Gasteiger partial charge in [-0.15, -0.1) is 0 Å². The molecule has 0 amide bonds. The molecule has 1 unspecified atom stereocenters. The van der Waals surface area contributed by atoms with Crippen LogP contribution in [0, 0.1) is 6.92 Å². The van der Waals surface area contributed by atoms with Crippen molar-refractivity contribution in [3.63, 3.8) is 0 Å². The summed E-state index contributed by atoms with van der Waals surface area (Å²) < 4.78 is 24.6. The number of rotatable bonds is 8. The largest absolute Gasteiger partial charge is 0.368 e. The predicted octanol–water partition coefficient (Wildman–Crippen LogP) is 1.18. The molecule has 1 aliphatic rings. The summed E-state index contributed by atoms with van der Waals surface area (Å²) in [5, 5.41) is 10.7. The fourth-order valence-corrected chi connectivity index (χ4v) is 3.78. The molecule has 0 radical (unpaired) electrons. The van der Waals surface area contributed by atoms with Gasteiger partial charge in [-0.25, -0.2) is 13.4 Å². The maximum atomic E-state index is 11.4. The third-order valence-electron chi connectivity index (χ3n) is 4.69. The van der Waals surface area contributed by atoms with Crippen molar-refractivity contribution >= 4 is 27.3 Å². The molecule has 3 rings (SSSR count). The van der Waals surface area contributed by atoms with Crippen LogP contribution in [-0.2, 0) is 16.9 Å². The molecule has 1 fully saturated rings. The predicted molar refractivity (Wildman–Crippen MR) is 106 cm³/mol. The van der Waals surface area contributed by atoms with Gasteiger partial charge in [-0.2, -0.15) is 10.1 Å². The van der Waals surface area contributed by atoms with Crippen molar-refractivity contribution in [2.75, 3.05) is 42.3 Å². The van der Waals surface area contributed by atoms with Gasteiger partial charge in [-0.1, -0.05) is 0 Å². The number of sulfone groups is 1. The van der Waals surface area contributed by atoms with Gasteiger partial charge in [0.1, 0.15) is 15.7 Å². The smallest absolute Gasteiger partial charge is 0.229 e. The number of hydrogen-bond acceptors (Lipinski definition) is 8. The second-order valence-electron chi connectivity index (χ2n) is 7.10. The van der Waals surface area contributed by atoms with Crippen LogP contribution in [0.4, 0.5) is 17.5 Å². The Morgan fingerprint density at radius 2 is 2.15 bits per heavy atom. The molecule has 9 nitrogen and oxygen atoms in total. The van der Waals surface area contributed by atoms with E-state index >= 15 is 0 Å². The van der Waals surface area contributed by atoms with Crippen LogP contribution in [0.5, 0.6) is 0 Å². The molecule has 27 heavy (non-hydrogen) atoms. The Morgan fingerprint density at radius 3 is 2.85 bits per heavy atom. The molecular formula is C17H27N7O2S. The van der Waals surface area contributed by atoms with Gasteiger partial charge in [0, 0.05) is 50.4 Å². The van der Waals surface area contributed by atoms with E-state index in [9.17, 15) is 8.42 Å². The average Bonchev–Trinajstić information content (AvgIpc) is 3.21. The van der Waals surface area contributed by atoms with Gasteiger partial charge in [-0.3, -0.25) is 9.58 Å². The van der Waals surface area contributed by atoms with E-state index in [0.717, 1.165) is 43.0 Å². The van der Waals surface area contributed by atoms with E-state index in [-0.39, 0.29) is 5.75 Å². The van der Waals surface area contributed by atoms with Crippen LogP contribution in [0.3, 0.4) is 0 Å². The van der Waals surface area contributed by atoms with Crippen molar-refractivity contribution in [1.29, 1.82) is 0 Å². The molecule has 3 heterocycles. The van der Waals surface area contributed by atoms with E-state index in [1.54, 1.807) is 17.1 Å². The summed E-state index contributed by atoms with van der Waals surface area (Å²) in [4.78, 5) is 11.1. The fourth-order valence-electron chi connectivity index (χ4n) is 3.21. The zero-order valence-corrected chi connectivity index (χ0v) is 16.8. The summed E-state index contributed by atoms with van der Waals surface area (Å²) in [6, 6.07) is 0.316. The number of nitrogens with one attached hydrogen (secondary N) is 2. The third kappa shape index (κ3) is 5.64. The van der Waals surface area contributed by atoms with Crippen molar-refractivity contribution in [1.82, 2.24) is 24.6 Å². The second-order valence-corrected chi connectivity index (χ2v) is 9.36. The number of aromatic nitrogens is 4. The molecule has 0 bridgehead atoms. The van der Waals surface area contributed by atoms with Crippen LogP contribution in [0.15, 0.2) is 18.6 Å². The zero-order valence-electron chi connectivity index (χ0n) is 16.0. The number of likely N-dealkylation sites (tertiary alicyclic amines) is 1. The summed E-state index contributed by atoms with van der Waals surface area (Å²) in [5.41, 5.74) is 1.79. The quantitative estimate of drug-likeness (QED) is 0.689. The third-order valence-corrected chi connectivity index (χ3v) is 5.61. The minimum absolute atomic E-state index is 0.204. The van der Waals surface area contributed by atoms with E-state index in [1.165, 1.54) is 6.26 Å². The zero-order chi connectivity index (χ0) is 19.4. The normalized spacial score (nSPS) is 18.0. The number of aryl methyl sites for hydroxylation is 2. The lowest BCUT2D eigenvalue weighted by Gasteiger charge is -2.24. The monoisotopic (exact) mass is 393 g/mol. The van der Waals surface area contributed by atoms with Crippen molar-refractivity contribution in [3.8, 4) is 0 Å². The molecule has 148 valence electrons. The topological polar surface area (TPSA) is 105 Å². The number of nitrogens with zero attached hydrogens (tertiary/aromatic N) is 5. The minimum atomic E-state index is -2.94. The summed E-state index contributed by atoms with van der Waals surface area (Å²) in [6.45, 7) is 4.22. The van der Waals surface area contributed by atoms with Crippen LogP contribution in [0.1, 0.15) is 18.4 Å². The molecule has 2 N–H and O–H groups in total. The van der Waals surface area contributed by atoms with Crippen molar-refractivity contribution in [2.45, 2.75) is 25.8 Å². The standard InChI is InChI=1S/C17H27N7O2S/c1-13-9-19-17(21-14-10-20-23(2)12-14)22-16(13)18-11-15-5-4-6-24(15)7-8-27(3,25)26/h9-10,12,15H,4-8,11H2,1-3H3,(H2,18,19,21,22). The van der Waals surface area contributed by atoms with E-state index in [2.05, 4.69) is 30.6 Å². The van der Waals surface area contributed by atoms with E-state index in [1.807, 2.05) is 20.2 Å². The summed E-state index contributed by atoms with van der Waals surface area (Å²) in [7, 11) is -1.09. The molecule has 0 saturated carbocycles. The van der Waals surface area contributed by atoms with Crippen LogP contribution < -0.4 is 10.6 Å². The van der Waals surface area contributed by atoms with Crippen LogP contribution in [0.2, 0.25) is 0 Å².